The molecule has 242 valence electrons. The summed E-state index contributed by atoms with van der Waals surface area (Å²) in [5.41, 5.74) is 2.92. The first-order chi connectivity index (χ1) is 22.0. The number of hydrogen-bond donors (Lipinski definition) is 5. The summed E-state index contributed by atoms with van der Waals surface area (Å²) in [5, 5.41) is 22.9. The van der Waals surface area contributed by atoms with Gasteiger partial charge in [0, 0.05) is 73.3 Å². The Labute approximate surface area is 277 Å². The lowest BCUT2D eigenvalue weighted by Crippen LogP contribution is -2.35. The van der Waals surface area contributed by atoms with E-state index in [2.05, 4.69) is 31.2 Å². The second-order valence-corrected chi connectivity index (χ2v) is 12.4. The highest BCUT2D eigenvalue weighted by Gasteiger charge is 2.21. The first kappa shape index (κ1) is 33.5. The Morgan fingerprint density at radius 2 is 1.80 bits per heavy atom. The number of aromatic nitrogens is 3. The van der Waals surface area contributed by atoms with E-state index in [4.69, 9.17) is 32.9 Å². The summed E-state index contributed by atoms with van der Waals surface area (Å²) in [6.45, 7) is 5.02. The molecule has 1 aliphatic rings. The molecule has 46 heavy (non-hydrogen) atoms. The summed E-state index contributed by atoms with van der Waals surface area (Å²) in [5.74, 6) is 0.00563. The van der Waals surface area contributed by atoms with Gasteiger partial charge in [-0.1, -0.05) is 41.4 Å². The summed E-state index contributed by atoms with van der Waals surface area (Å²) in [6.07, 6.45) is 4.50. The van der Waals surface area contributed by atoms with E-state index in [-0.39, 0.29) is 29.3 Å². The number of carbonyl (C=O) groups excluding carboxylic acids is 1. The fourth-order valence-electron chi connectivity index (χ4n) is 5.12. The molecule has 10 nitrogen and oxygen atoms in total. The molecule has 1 amide bonds. The quantitative estimate of drug-likeness (QED) is 0.123. The maximum atomic E-state index is 15.3. The number of nitrogens with zero attached hydrogens (tertiary/aromatic N) is 3. The predicted molar refractivity (Wildman–Crippen MR) is 178 cm³/mol. The molecule has 1 saturated heterocycles. The Kier molecular flexibility index (Phi) is 10.7. The minimum atomic E-state index is -0.926. The Bertz CT molecular complexity index is 1720. The normalized spacial score (nSPS) is 14.8. The molecule has 4 heterocycles. The molecule has 5 N–H and O–H groups in total. The van der Waals surface area contributed by atoms with Crippen molar-refractivity contribution in [3.8, 4) is 28.4 Å². The van der Waals surface area contributed by atoms with Crippen LogP contribution >= 0.6 is 23.2 Å². The van der Waals surface area contributed by atoms with Crippen LogP contribution in [0.3, 0.4) is 0 Å². The van der Waals surface area contributed by atoms with E-state index in [9.17, 15) is 9.90 Å². The second-order valence-electron chi connectivity index (χ2n) is 11.7. The second kappa shape index (κ2) is 14.7. The maximum absolute atomic E-state index is 15.3. The van der Waals surface area contributed by atoms with Crippen molar-refractivity contribution in [3.05, 3.63) is 81.8 Å². The van der Waals surface area contributed by atoms with Crippen molar-refractivity contribution >= 4 is 40.6 Å². The Hall–Kier alpha value is -3.87. The number of halogens is 3. The van der Waals surface area contributed by atoms with Crippen molar-refractivity contribution in [2.75, 3.05) is 25.5 Å². The van der Waals surface area contributed by atoms with Gasteiger partial charge in [0.25, 0.3) is 0 Å². The van der Waals surface area contributed by atoms with Crippen LogP contribution in [0.5, 0.6) is 5.88 Å². The standard InChI is InChI=1S/C33H36Cl2FN7O3/c1-33(2,45)18-38-15-19-11-13-40-31(29(19)36)42-25-6-4-5-23(27(25)34)30-28(35)22(12-14-39-30)24-9-7-20(32(43-24)46-3)16-37-17-21-8-10-26(44)41-21/h4-7,9,11-14,21,37-38,45H,8,10,15-18H2,1-3H3,(H,40,42)(H,41,44)/t21-/m0/s1. The maximum Gasteiger partial charge on any atom is 0.220 e. The molecule has 1 atom stereocenters. The van der Waals surface area contributed by atoms with Crippen LogP contribution in [0.25, 0.3) is 22.5 Å². The number of pyridine rings is 3. The van der Waals surface area contributed by atoms with Gasteiger partial charge in [0.05, 0.1) is 39.8 Å². The molecule has 4 aromatic rings. The minimum absolute atomic E-state index is 0.00767. The fraction of sp³-hybridized carbons (Fsp3) is 0.333. The van der Waals surface area contributed by atoms with Gasteiger partial charge in [-0.2, -0.15) is 0 Å². The van der Waals surface area contributed by atoms with Gasteiger partial charge < -0.3 is 31.1 Å². The van der Waals surface area contributed by atoms with E-state index in [1.165, 1.54) is 6.20 Å². The van der Waals surface area contributed by atoms with E-state index >= 15 is 4.39 Å². The van der Waals surface area contributed by atoms with E-state index < -0.39 is 11.4 Å². The molecule has 1 aliphatic heterocycles. The number of rotatable bonds is 13. The van der Waals surface area contributed by atoms with Crippen LogP contribution in [0, 0.1) is 5.82 Å². The number of hydrogen-bond acceptors (Lipinski definition) is 9. The summed E-state index contributed by atoms with van der Waals surface area (Å²) in [6, 6.07) is 12.5. The number of amides is 1. The number of carbonyl (C=O) groups is 1. The van der Waals surface area contributed by atoms with Crippen LogP contribution in [-0.2, 0) is 17.9 Å². The van der Waals surface area contributed by atoms with Crippen molar-refractivity contribution in [3.63, 3.8) is 0 Å². The zero-order valence-electron chi connectivity index (χ0n) is 25.8. The van der Waals surface area contributed by atoms with Gasteiger partial charge >= 0.3 is 0 Å². The lowest BCUT2D eigenvalue weighted by atomic mass is 10.1. The highest BCUT2D eigenvalue weighted by atomic mass is 35.5. The Balaban J connectivity index is 1.35. The third-order valence-electron chi connectivity index (χ3n) is 7.44. The third-order valence-corrected chi connectivity index (χ3v) is 8.23. The Morgan fingerprint density at radius 3 is 2.54 bits per heavy atom. The average molecular weight is 669 g/mol. The largest absolute Gasteiger partial charge is 0.481 e. The fourth-order valence-corrected chi connectivity index (χ4v) is 5.69. The van der Waals surface area contributed by atoms with Crippen LogP contribution in [0.15, 0.2) is 54.9 Å². The molecule has 0 bridgehead atoms. The molecule has 0 aliphatic carbocycles. The predicted octanol–water partition coefficient (Wildman–Crippen LogP) is 5.63. The number of nitrogens with one attached hydrogen (secondary N) is 4. The van der Waals surface area contributed by atoms with Crippen molar-refractivity contribution in [2.24, 2.45) is 0 Å². The SMILES string of the molecule is COc1nc(-c2ccnc(-c3cccc(Nc4nccc(CNCC(C)(C)O)c4F)c3Cl)c2Cl)ccc1CNC[C@@H]1CCC(=O)N1. The molecule has 13 heteroatoms. The zero-order chi connectivity index (χ0) is 32.8. The minimum Gasteiger partial charge on any atom is -0.481 e. The first-order valence-corrected chi connectivity index (χ1v) is 15.6. The molecule has 5 rings (SSSR count). The summed E-state index contributed by atoms with van der Waals surface area (Å²) >= 11 is 13.8. The average Bonchev–Trinajstić information content (AvgIpc) is 3.44. The lowest BCUT2D eigenvalue weighted by molar-refractivity contribution is -0.119. The van der Waals surface area contributed by atoms with Gasteiger partial charge in [-0.05, 0) is 44.5 Å². The monoisotopic (exact) mass is 667 g/mol. The van der Waals surface area contributed by atoms with Gasteiger partial charge in [0.2, 0.25) is 11.8 Å². The molecule has 0 saturated carbocycles. The van der Waals surface area contributed by atoms with E-state index in [0.29, 0.717) is 70.7 Å². The first-order valence-electron chi connectivity index (χ1n) is 14.9. The van der Waals surface area contributed by atoms with Crippen LogP contribution < -0.4 is 26.0 Å². The van der Waals surface area contributed by atoms with Crippen LogP contribution in [0.4, 0.5) is 15.9 Å². The molecular weight excluding hydrogens is 632 g/mol. The Morgan fingerprint density at radius 1 is 1.02 bits per heavy atom. The van der Waals surface area contributed by atoms with E-state index in [0.717, 1.165) is 12.0 Å². The lowest BCUT2D eigenvalue weighted by Gasteiger charge is -2.18. The summed E-state index contributed by atoms with van der Waals surface area (Å²) in [4.78, 5) is 24.9. The topological polar surface area (TPSA) is 133 Å². The highest BCUT2D eigenvalue weighted by molar-refractivity contribution is 6.39. The molecule has 1 fully saturated rings. The summed E-state index contributed by atoms with van der Waals surface area (Å²) < 4.78 is 20.9. The van der Waals surface area contributed by atoms with Gasteiger partial charge in [0.1, 0.15) is 0 Å². The zero-order valence-corrected chi connectivity index (χ0v) is 27.3. The molecule has 0 spiro atoms. The number of ether oxygens (including phenoxy) is 1. The van der Waals surface area contributed by atoms with Crippen LogP contribution in [0.1, 0.15) is 37.8 Å². The number of anilines is 2. The molecular formula is C33H36Cl2FN7O3. The van der Waals surface area contributed by atoms with Gasteiger partial charge in [-0.25, -0.2) is 14.4 Å². The van der Waals surface area contributed by atoms with E-state index in [1.807, 2.05) is 12.1 Å². The smallest absolute Gasteiger partial charge is 0.220 e. The van der Waals surface area contributed by atoms with Crippen molar-refractivity contribution in [1.82, 2.24) is 30.9 Å². The van der Waals surface area contributed by atoms with Gasteiger partial charge in [0.15, 0.2) is 11.6 Å². The third kappa shape index (κ3) is 8.09. The highest BCUT2D eigenvalue weighted by Crippen LogP contribution is 2.41. The molecule has 0 unspecified atom stereocenters. The van der Waals surface area contributed by atoms with E-state index in [1.54, 1.807) is 57.5 Å². The van der Waals surface area contributed by atoms with Crippen molar-refractivity contribution < 1.29 is 19.0 Å². The number of benzene rings is 1. The van der Waals surface area contributed by atoms with Crippen LogP contribution in [0.2, 0.25) is 10.0 Å². The van der Waals surface area contributed by atoms with Gasteiger partial charge in [-0.15, -0.1) is 0 Å². The number of aliphatic hydroxyl groups is 1. The molecule has 1 aromatic carbocycles. The van der Waals surface area contributed by atoms with Crippen LogP contribution in [-0.4, -0.2) is 57.8 Å². The van der Waals surface area contributed by atoms with Crippen molar-refractivity contribution in [1.29, 1.82) is 0 Å². The number of methoxy groups -OCH3 is 1. The molecule has 0 radical (unpaired) electrons. The molecule has 3 aromatic heterocycles. The summed E-state index contributed by atoms with van der Waals surface area (Å²) in [7, 11) is 1.56. The van der Waals surface area contributed by atoms with Gasteiger partial charge in [-0.3, -0.25) is 9.78 Å². The van der Waals surface area contributed by atoms with Crippen molar-refractivity contribution in [2.45, 2.75) is 51.4 Å².